The van der Waals surface area contributed by atoms with Gasteiger partial charge in [0.2, 0.25) is 0 Å². The Morgan fingerprint density at radius 1 is 1.17 bits per heavy atom. The number of methoxy groups -OCH3 is 2. The molecule has 128 valence electrons. The number of nitrogens with one attached hydrogen (secondary N) is 1. The van der Waals surface area contributed by atoms with Gasteiger partial charge < -0.3 is 19.3 Å². The molecule has 0 atom stereocenters. The maximum Gasteiger partial charge on any atom is 0.275 e. The van der Waals surface area contributed by atoms with Crippen LogP contribution < -0.4 is 14.8 Å². The highest BCUT2D eigenvalue weighted by Crippen LogP contribution is 2.28. The molecule has 0 saturated heterocycles. The van der Waals surface area contributed by atoms with Gasteiger partial charge in [-0.3, -0.25) is 4.79 Å². The molecule has 1 saturated carbocycles. The first-order valence-electron chi connectivity index (χ1n) is 8.26. The highest BCUT2D eigenvalue weighted by Gasteiger charge is 2.32. The first-order valence-corrected chi connectivity index (χ1v) is 8.26. The van der Waals surface area contributed by atoms with Crippen molar-refractivity contribution in [3.8, 4) is 11.5 Å². The normalized spacial score (nSPS) is 15.5. The van der Waals surface area contributed by atoms with E-state index in [0.29, 0.717) is 30.6 Å². The Bertz CT molecular complexity index is 537. The summed E-state index contributed by atoms with van der Waals surface area (Å²) in [6, 6.07) is 6.31. The van der Waals surface area contributed by atoms with Crippen LogP contribution in [-0.4, -0.2) is 51.3 Å². The Labute approximate surface area is 139 Å². The average molecular weight is 321 g/mol. The third-order valence-corrected chi connectivity index (χ3v) is 4.80. The zero-order chi connectivity index (χ0) is 16.9. The van der Waals surface area contributed by atoms with Gasteiger partial charge in [0.1, 0.15) is 0 Å². The third kappa shape index (κ3) is 4.61. The number of nitrogens with zero attached hydrogens (tertiary/aromatic N) is 1. The standard InChI is InChI=1S/C18H28N2O3/c1-20(2,15-7-5-6-8-15)13-18(21)19-12-14-9-10-16(22-3)17(11-14)23-4/h9-11,15H,5-8,12-13H2,1-4H3/p+1. The van der Waals surface area contributed by atoms with E-state index in [-0.39, 0.29) is 5.91 Å². The molecule has 2 rings (SSSR count). The zero-order valence-corrected chi connectivity index (χ0v) is 14.7. The van der Waals surface area contributed by atoms with Crippen LogP contribution >= 0.6 is 0 Å². The number of benzene rings is 1. The van der Waals surface area contributed by atoms with Crippen LogP contribution in [0, 0.1) is 0 Å². The van der Waals surface area contributed by atoms with Crippen LogP contribution in [-0.2, 0) is 11.3 Å². The molecule has 1 aromatic rings. The summed E-state index contributed by atoms with van der Waals surface area (Å²) in [5.74, 6) is 1.47. The van der Waals surface area contributed by atoms with Gasteiger partial charge in [-0.15, -0.1) is 0 Å². The number of quaternary nitrogens is 1. The lowest BCUT2D eigenvalue weighted by atomic mass is 10.1. The van der Waals surface area contributed by atoms with Gasteiger partial charge in [0.25, 0.3) is 5.91 Å². The van der Waals surface area contributed by atoms with Crippen molar-refractivity contribution in [1.29, 1.82) is 0 Å². The number of carbonyl (C=O) groups is 1. The van der Waals surface area contributed by atoms with Gasteiger partial charge in [0.05, 0.1) is 34.4 Å². The molecule has 0 aliphatic heterocycles. The number of hydrogen-bond donors (Lipinski definition) is 1. The van der Waals surface area contributed by atoms with Crippen molar-refractivity contribution in [1.82, 2.24) is 5.32 Å². The quantitative estimate of drug-likeness (QED) is 0.784. The Morgan fingerprint density at radius 2 is 1.83 bits per heavy atom. The molecule has 5 nitrogen and oxygen atoms in total. The molecule has 1 aliphatic rings. The van der Waals surface area contributed by atoms with E-state index in [2.05, 4.69) is 19.4 Å². The Balaban J connectivity index is 1.89. The highest BCUT2D eigenvalue weighted by atomic mass is 16.5. The molecule has 0 bridgehead atoms. The van der Waals surface area contributed by atoms with Crippen molar-refractivity contribution < 1.29 is 18.8 Å². The van der Waals surface area contributed by atoms with Crippen LogP contribution in [0.5, 0.6) is 11.5 Å². The molecule has 0 unspecified atom stereocenters. The highest BCUT2D eigenvalue weighted by molar-refractivity contribution is 5.77. The van der Waals surface area contributed by atoms with Crippen molar-refractivity contribution in [2.45, 2.75) is 38.3 Å². The summed E-state index contributed by atoms with van der Waals surface area (Å²) < 4.78 is 11.3. The fraction of sp³-hybridized carbons (Fsp3) is 0.611. The molecule has 23 heavy (non-hydrogen) atoms. The van der Waals surface area contributed by atoms with Crippen LogP contribution in [0.3, 0.4) is 0 Å². The fourth-order valence-electron chi connectivity index (χ4n) is 3.35. The maximum absolute atomic E-state index is 12.3. The van der Waals surface area contributed by atoms with Gasteiger partial charge in [0, 0.05) is 6.54 Å². The van der Waals surface area contributed by atoms with E-state index in [1.807, 2.05) is 18.2 Å². The summed E-state index contributed by atoms with van der Waals surface area (Å²) in [6.45, 7) is 1.03. The average Bonchev–Trinajstić information content (AvgIpc) is 3.07. The topological polar surface area (TPSA) is 47.6 Å². The van der Waals surface area contributed by atoms with Crippen molar-refractivity contribution in [2.24, 2.45) is 0 Å². The summed E-state index contributed by atoms with van der Waals surface area (Å²) >= 11 is 0. The van der Waals surface area contributed by atoms with Gasteiger partial charge in [-0.05, 0) is 43.4 Å². The summed E-state index contributed by atoms with van der Waals surface area (Å²) in [7, 11) is 7.54. The second-order valence-corrected chi connectivity index (χ2v) is 6.84. The molecule has 1 N–H and O–H groups in total. The lowest BCUT2D eigenvalue weighted by Gasteiger charge is -2.35. The van der Waals surface area contributed by atoms with Crippen molar-refractivity contribution in [3.05, 3.63) is 23.8 Å². The van der Waals surface area contributed by atoms with Gasteiger partial charge in [-0.1, -0.05) is 6.07 Å². The molecule has 0 heterocycles. The monoisotopic (exact) mass is 321 g/mol. The number of likely N-dealkylation sites (N-methyl/N-ethyl adjacent to an activating group) is 1. The lowest BCUT2D eigenvalue weighted by molar-refractivity contribution is -0.906. The Hall–Kier alpha value is -1.75. The van der Waals surface area contributed by atoms with E-state index in [4.69, 9.17) is 9.47 Å². The Morgan fingerprint density at radius 3 is 2.43 bits per heavy atom. The van der Waals surface area contributed by atoms with E-state index >= 15 is 0 Å². The summed E-state index contributed by atoms with van der Waals surface area (Å²) in [5.41, 5.74) is 1.00. The van der Waals surface area contributed by atoms with Crippen LogP contribution in [0.4, 0.5) is 0 Å². The zero-order valence-electron chi connectivity index (χ0n) is 14.7. The predicted molar refractivity (Wildman–Crippen MR) is 90.6 cm³/mol. The molecule has 0 radical (unpaired) electrons. The predicted octanol–water partition coefficient (Wildman–Crippen LogP) is 2.34. The van der Waals surface area contributed by atoms with Crippen molar-refractivity contribution >= 4 is 5.91 Å². The van der Waals surface area contributed by atoms with E-state index in [1.165, 1.54) is 25.7 Å². The molecule has 0 spiro atoms. The first-order chi connectivity index (χ1) is 11.0. The minimum atomic E-state index is 0.0942. The Kier molecular flexibility index (Phi) is 5.88. The van der Waals surface area contributed by atoms with Crippen molar-refractivity contribution in [2.75, 3.05) is 34.9 Å². The molecule has 1 fully saturated rings. The second-order valence-electron chi connectivity index (χ2n) is 6.84. The number of rotatable bonds is 7. The largest absolute Gasteiger partial charge is 0.493 e. The number of hydrogen-bond acceptors (Lipinski definition) is 3. The van der Waals surface area contributed by atoms with Gasteiger partial charge in [-0.2, -0.15) is 0 Å². The summed E-state index contributed by atoms with van der Waals surface area (Å²) in [5, 5.41) is 3.02. The molecule has 1 aromatic carbocycles. The lowest BCUT2D eigenvalue weighted by Crippen LogP contribution is -2.52. The van der Waals surface area contributed by atoms with E-state index in [1.54, 1.807) is 14.2 Å². The smallest absolute Gasteiger partial charge is 0.275 e. The third-order valence-electron chi connectivity index (χ3n) is 4.80. The van der Waals surface area contributed by atoms with Gasteiger partial charge >= 0.3 is 0 Å². The minimum absolute atomic E-state index is 0.0942. The van der Waals surface area contributed by atoms with E-state index in [9.17, 15) is 4.79 Å². The van der Waals surface area contributed by atoms with Crippen LogP contribution in [0.2, 0.25) is 0 Å². The minimum Gasteiger partial charge on any atom is -0.493 e. The maximum atomic E-state index is 12.3. The SMILES string of the molecule is COc1ccc(CNC(=O)C[N+](C)(C)C2CCCC2)cc1OC. The molecular formula is C18H29N2O3+. The van der Waals surface area contributed by atoms with Crippen LogP contribution in [0.25, 0.3) is 0 Å². The van der Waals surface area contributed by atoms with Crippen LogP contribution in [0.1, 0.15) is 31.2 Å². The number of amides is 1. The summed E-state index contributed by atoms with van der Waals surface area (Å²) in [4.78, 5) is 12.3. The number of carbonyl (C=O) groups excluding carboxylic acids is 1. The van der Waals surface area contributed by atoms with Crippen LogP contribution in [0.15, 0.2) is 18.2 Å². The summed E-state index contributed by atoms with van der Waals surface area (Å²) in [6.07, 6.45) is 5.05. The molecule has 5 heteroatoms. The second kappa shape index (κ2) is 7.68. The fourth-order valence-corrected chi connectivity index (χ4v) is 3.35. The molecule has 0 aromatic heterocycles. The van der Waals surface area contributed by atoms with Gasteiger partial charge in [0.15, 0.2) is 18.0 Å². The van der Waals surface area contributed by atoms with E-state index in [0.717, 1.165) is 10.0 Å². The van der Waals surface area contributed by atoms with E-state index < -0.39 is 0 Å². The van der Waals surface area contributed by atoms with Crippen molar-refractivity contribution in [3.63, 3.8) is 0 Å². The first kappa shape index (κ1) is 17.6. The number of ether oxygens (including phenoxy) is 2. The molecule has 1 amide bonds. The van der Waals surface area contributed by atoms with Gasteiger partial charge in [-0.25, -0.2) is 0 Å². The molecular weight excluding hydrogens is 292 g/mol. The molecule has 1 aliphatic carbocycles.